The van der Waals surface area contributed by atoms with Crippen molar-refractivity contribution >= 4 is 16.9 Å². The largest absolute Gasteiger partial charge is 0.356 e. The highest BCUT2D eigenvalue weighted by molar-refractivity contribution is 5.85. The van der Waals surface area contributed by atoms with Gasteiger partial charge in [-0.1, -0.05) is 32.0 Å². The van der Waals surface area contributed by atoms with Crippen LogP contribution in [0.3, 0.4) is 0 Å². The maximum atomic E-state index is 12.6. The first-order chi connectivity index (χ1) is 15.8. The molecule has 6 heteroatoms. The van der Waals surface area contributed by atoms with Crippen molar-refractivity contribution in [2.75, 3.05) is 26.2 Å². The Bertz CT molecular complexity index is 1120. The minimum Gasteiger partial charge on any atom is -0.356 e. The van der Waals surface area contributed by atoms with Gasteiger partial charge in [0.1, 0.15) is 0 Å². The van der Waals surface area contributed by atoms with E-state index < -0.39 is 0 Å². The minimum absolute atomic E-state index is 0.132. The smallest absolute Gasteiger partial charge is 0.220 e. The zero-order chi connectivity index (χ0) is 23.5. The number of pyridine rings is 1. The molecule has 176 valence electrons. The summed E-state index contributed by atoms with van der Waals surface area (Å²) < 4.78 is 1.92. The van der Waals surface area contributed by atoms with Crippen LogP contribution in [0.4, 0.5) is 0 Å². The number of aromatic nitrogens is 3. The molecule has 0 radical (unpaired) electrons. The van der Waals surface area contributed by atoms with Crippen molar-refractivity contribution in [1.82, 2.24) is 25.0 Å². The average Bonchev–Trinajstić information content (AvgIpc) is 3.36. The molecule has 0 spiro atoms. The molecule has 1 saturated heterocycles. The standard InChI is InChI=1S/C27H37N5O/c1-18(2)16-31-14-13-22(17-31)15-28-25(33)12-11-24-19(3)26-21(5)30-32(27(26)29-20(24)4)23-9-7-6-8-10-23/h6-10,18,22H,11-17H2,1-5H3,(H,28,33). The Kier molecular flexibility index (Phi) is 7.13. The number of para-hydroxylation sites is 1. The molecule has 0 saturated carbocycles. The summed E-state index contributed by atoms with van der Waals surface area (Å²) in [5, 5.41) is 9.04. The van der Waals surface area contributed by atoms with Crippen LogP contribution in [-0.4, -0.2) is 51.8 Å². The van der Waals surface area contributed by atoms with E-state index >= 15 is 0 Å². The van der Waals surface area contributed by atoms with Gasteiger partial charge in [-0.25, -0.2) is 9.67 Å². The Morgan fingerprint density at radius 2 is 1.91 bits per heavy atom. The van der Waals surface area contributed by atoms with Gasteiger partial charge in [0.05, 0.1) is 11.4 Å². The molecule has 1 aromatic carbocycles. The van der Waals surface area contributed by atoms with Crippen molar-refractivity contribution in [2.45, 2.75) is 53.9 Å². The summed E-state index contributed by atoms with van der Waals surface area (Å²) in [4.78, 5) is 20.0. The monoisotopic (exact) mass is 447 g/mol. The second kappa shape index (κ2) is 10.0. The molecule has 3 aromatic rings. The fourth-order valence-electron chi connectivity index (χ4n) is 5.17. The summed E-state index contributed by atoms with van der Waals surface area (Å²) in [6.45, 7) is 14.9. The number of aryl methyl sites for hydroxylation is 3. The van der Waals surface area contributed by atoms with Crippen LogP contribution in [0, 0.1) is 32.6 Å². The summed E-state index contributed by atoms with van der Waals surface area (Å²) in [5.41, 5.74) is 6.19. The first kappa shape index (κ1) is 23.4. The molecule has 1 aliphatic rings. The van der Waals surface area contributed by atoms with E-state index in [2.05, 4.69) is 31.0 Å². The number of carbonyl (C=O) groups excluding carboxylic acids is 1. The van der Waals surface area contributed by atoms with Crippen LogP contribution >= 0.6 is 0 Å². The lowest BCUT2D eigenvalue weighted by Gasteiger charge is -2.18. The lowest BCUT2D eigenvalue weighted by atomic mass is 9.99. The predicted octanol–water partition coefficient (Wildman–Crippen LogP) is 4.37. The SMILES string of the molecule is Cc1nc2c(c(C)nn2-c2ccccc2)c(C)c1CCC(=O)NCC1CCN(CC(C)C)C1. The Balaban J connectivity index is 1.41. The summed E-state index contributed by atoms with van der Waals surface area (Å²) >= 11 is 0. The van der Waals surface area contributed by atoms with Crippen LogP contribution in [0.2, 0.25) is 0 Å². The number of nitrogens with zero attached hydrogens (tertiary/aromatic N) is 4. The van der Waals surface area contributed by atoms with E-state index in [-0.39, 0.29) is 5.91 Å². The highest BCUT2D eigenvalue weighted by Gasteiger charge is 2.23. The average molecular weight is 448 g/mol. The molecule has 2 aromatic heterocycles. The van der Waals surface area contributed by atoms with Gasteiger partial charge in [-0.15, -0.1) is 0 Å². The highest BCUT2D eigenvalue weighted by atomic mass is 16.1. The number of nitrogens with one attached hydrogen (secondary N) is 1. The van der Waals surface area contributed by atoms with Gasteiger partial charge < -0.3 is 10.2 Å². The van der Waals surface area contributed by atoms with Gasteiger partial charge in [0.15, 0.2) is 5.65 Å². The number of fused-ring (bicyclic) bond motifs is 1. The second-order valence-corrected chi connectivity index (χ2v) is 9.94. The summed E-state index contributed by atoms with van der Waals surface area (Å²) in [6, 6.07) is 10.1. The third-order valence-corrected chi connectivity index (χ3v) is 6.76. The van der Waals surface area contributed by atoms with Crippen LogP contribution in [0.25, 0.3) is 16.7 Å². The van der Waals surface area contributed by atoms with Crippen LogP contribution in [0.5, 0.6) is 0 Å². The summed E-state index contributed by atoms with van der Waals surface area (Å²) in [6.07, 6.45) is 2.37. The van der Waals surface area contributed by atoms with E-state index in [4.69, 9.17) is 10.1 Å². The number of carbonyl (C=O) groups is 1. The zero-order valence-corrected chi connectivity index (χ0v) is 20.7. The maximum absolute atomic E-state index is 12.6. The molecule has 0 aliphatic carbocycles. The highest BCUT2D eigenvalue weighted by Crippen LogP contribution is 2.28. The molecule has 0 bridgehead atoms. The van der Waals surface area contributed by atoms with Gasteiger partial charge in [0.2, 0.25) is 5.91 Å². The van der Waals surface area contributed by atoms with Crippen LogP contribution < -0.4 is 5.32 Å². The quantitative estimate of drug-likeness (QED) is 0.557. The molecule has 1 unspecified atom stereocenters. The number of rotatable bonds is 8. The Hall–Kier alpha value is -2.73. The molecule has 1 atom stereocenters. The molecule has 1 fully saturated rings. The van der Waals surface area contributed by atoms with Crippen LogP contribution in [-0.2, 0) is 11.2 Å². The van der Waals surface area contributed by atoms with Crippen LogP contribution in [0.15, 0.2) is 30.3 Å². The Labute approximate surface area is 197 Å². The molecule has 33 heavy (non-hydrogen) atoms. The zero-order valence-electron chi connectivity index (χ0n) is 20.7. The molecule has 4 rings (SSSR count). The van der Waals surface area contributed by atoms with Gasteiger partial charge in [-0.2, -0.15) is 5.10 Å². The third-order valence-electron chi connectivity index (χ3n) is 6.76. The third kappa shape index (κ3) is 5.27. The first-order valence-electron chi connectivity index (χ1n) is 12.2. The van der Waals surface area contributed by atoms with Crippen molar-refractivity contribution in [3.05, 3.63) is 52.8 Å². The van der Waals surface area contributed by atoms with Gasteiger partial charge in [-0.05, 0) is 75.3 Å². The van der Waals surface area contributed by atoms with E-state index in [9.17, 15) is 4.79 Å². The molecule has 1 amide bonds. The van der Waals surface area contributed by atoms with Crippen molar-refractivity contribution in [3.8, 4) is 5.69 Å². The van der Waals surface area contributed by atoms with Gasteiger partial charge in [-0.3, -0.25) is 4.79 Å². The number of benzene rings is 1. The van der Waals surface area contributed by atoms with Gasteiger partial charge >= 0.3 is 0 Å². The maximum Gasteiger partial charge on any atom is 0.220 e. The molecular formula is C27H37N5O. The fraction of sp³-hybridized carbons (Fsp3) is 0.519. The summed E-state index contributed by atoms with van der Waals surface area (Å²) in [7, 11) is 0. The number of likely N-dealkylation sites (tertiary alicyclic amines) is 1. The number of hydrogen-bond donors (Lipinski definition) is 1. The second-order valence-electron chi connectivity index (χ2n) is 9.94. The van der Waals surface area contributed by atoms with E-state index in [1.54, 1.807) is 0 Å². The molecular weight excluding hydrogens is 410 g/mol. The van der Waals surface area contributed by atoms with E-state index in [1.807, 2.05) is 48.9 Å². The number of hydrogen-bond acceptors (Lipinski definition) is 4. The lowest BCUT2D eigenvalue weighted by Crippen LogP contribution is -2.32. The Morgan fingerprint density at radius 1 is 1.15 bits per heavy atom. The topological polar surface area (TPSA) is 63.1 Å². The lowest BCUT2D eigenvalue weighted by molar-refractivity contribution is -0.121. The summed E-state index contributed by atoms with van der Waals surface area (Å²) in [5.74, 6) is 1.40. The first-order valence-corrected chi connectivity index (χ1v) is 12.2. The molecule has 3 heterocycles. The molecule has 1 aliphatic heterocycles. The van der Waals surface area contributed by atoms with E-state index in [0.29, 0.717) is 24.7 Å². The number of amides is 1. The van der Waals surface area contributed by atoms with Crippen molar-refractivity contribution in [2.24, 2.45) is 11.8 Å². The Morgan fingerprint density at radius 3 is 2.64 bits per heavy atom. The minimum atomic E-state index is 0.132. The predicted molar refractivity (Wildman–Crippen MR) is 134 cm³/mol. The molecule has 6 nitrogen and oxygen atoms in total. The fourth-order valence-corrected chi connectivity index (χ4v) is 5.17. The normalized spacial score (nSPS) is 16.7. The van der Waals surface area contributed by atoms with E-state index in [0.717, 1.165) is 59.9 Å². The van der Waals surface area contributed by atoms with E-state index in [1.165, 1.54) is 12.0 Å². The molecule has 1 N–H and O–H groups in total. The van der Waals surface area contributed by atoms with Crippen molar-refractivity contribution in [3.63, 3.8) is 0 Å². The van der Waals surface area contributed by atoms with Gasteiger partial charge in [0.25, 0.3) is 0 Å². The van der Waals surface area contributed by atoms with Crippen LogP contribution in [0.1, 0.15) is 49.2 Å². The van der Waals surface area contributed by atoms with Gasteiger partial charge in [0, 0.05) is 37.1 Å². The van der Waals surface area contributed by atoms with Crippen molar-refractivity contribution in [1.29, 1.82) is 0 Å². The van der Waals surface area contributed by atoms with Crippen molar-refractivity contribution < 1.29 is 4.79 Å².